The Balaban J connectivity index is 2.14. The van der Waals surface area contributed by atoms with Crippen molar-refractivity contribution in [2.24, 2.45) is 5.41 Å². The second-order valence-electron chi connectivity index (χ2n) is 7.30. The van der Waals surface area contributed by atoms with E-state index in [1.807, 2.05) is 26.0 Å². The fourth-order valence-corrected chi connectivity index (χ4v) is 4.72. The van der Waals surface area contributed by atoms with Crippen LogP contribution in [0.15, 0.2) is 18.2 Å². The van der Waals surface area contributed by atoms with E-state index in [4.69, 9.17) is 0 Å². The number of carbonyl (C=O) groups excluding carboxylic acids is 2. The van der Waals surface area contributed by atoms with Crippen LogP contribution in [-0.4, -0.2) is 49.7 Å². The molecule has 0 radical (unpaired) electrons. The molecule has 1 N–H and O–H groups in total. The molecule has 138 valence electrons. The fraction of sp³-hybridized carbons (Fsp3) is 0.556. The lowest BCUT2D eigenvalue weighted by atomic mass is 9.89. The van der Waals surface area contributed by atoms with E-state index < -0.39 is 21.2 Å². The lowest BCUT2D eigenvalue weighted by Gasteiger charge is -2.32. The van der Waals surface area contributed by atoms with Gasteiger partial charge in [-0.1, -0.05) is 12.1 Å². The number of nitrogens with one attached hydrogen (secondary N) is 1. The number of benzene rings is 1. The van der Waals surface area contributed by atoms with Crippen molar-refractivity contribution in [3.63, 3.8) is 0 Å². The molecule has 0 aromatic heterocycles. The Bertz CT molecular complexity index is 799. The van der Waals surface area contributed by atoms with Crippen molar-refractivity contribution in [1.29, 1.82) is 0 Å². The molecule has 6 nitrogen and oxygen atoms in total. The molecule has 1 aliphatic heterocycles. The normalized spacial score (nSPS) is 19.5. The average molecular weight is 366 g/mol. The first kappa shape index (κ1) is 19.4. The molecule has 2 amide bonds. The minimum absolute atomic E-state index is 0.0378. The summed E-state index contributed by atoms with van der Waals surface area (Å²) in [5.41, 5.74) is 1.39. The summed E-state index contributed by atoms with van der Waals surface area (Å²) >= 11 is 0. The van der Waals surface area contributed by atoms with Crippen LogP contribution < -0.4 is 5.32 Å². The molecule has 7 heteroatoms. The van der Waals surface area contributed by atoms with Crippen LogP contribution in [-0.2, 0) is 19.4 Å². The summed E-state index contributed by atoms with van der Waals surface area (Å²) in [6, 6.07) is 5.23. The Morgan fingerprint density at radius 2 is 1.88 bits per heavy atom. The van der Waals surface area contributed by atoms with Crippen LogP contribution in [0.1, 0.15) is 31.4 Å². The van der Waals surface area contributed by atoms with Crippen molar-refractivity contribution in [2.75, 3.05) is 23.9 Å². The van der Waals surface area contributed by atoms with Gasteiger partial charge in [0.15, 0.2) is 9.84 Å². The van der Waals surface area contributed by atoms with Gasteiger partial charge in [0.05, 0.1) is 11.5 Å². The van der Waals surface area contributed by atoms with E-state index >= 15 is 0 Å². The number of nitrogens with zero attached hydrogens (tertiary/aromatic N) is 1. The van der Waals surface area contributed by atoms with Crippen LogP contribution in [0, 0.1) is 19.3 Å². The summed E-state index contributed by atoms with van der Waals surface area (Å²) in [5.74, 6) is -0.731. The molecule has 1 aromatic rings. The van der Waals surface area contributed by atoms with Crippen LogP contribution in [0.5, 0.6) is 0 Å². The topological polar surface area (TPSA) is 83.6 Å². The van der Waals surface area contributed by atoms with Gasteiger partial charge in [-0.3, -0.25) is 9.59 Å². The molecule has 1 atom stereocenters. The van der Waals surface area contributed by atoms with Gasteiger partial charge >= 0.3 is 0 Å². The molecule has 1 heterocycles. The van der Waals surface area contributed by atoms with E-state index in [2.05, 4.69) is 5.32 Å². The largest absolute Gasteiger partial charge is 0.341 e. The molecule has 0 spiro atoms. The number of carbonyl (C=O) groups is 2. The molecule has 25 heavy (non-hydrogen) atoms. The van der Waals surface area contributed by atoms with E-state index in [0.29, 0.717) is 12.1 Å². The van der Waals surface area contributed by atoms with Crippen molar-refractivity contribution in [3.8, 4) is 0 Å². The highest BCUT2D eigenvalue weighted by atomic mass is 32.2. The predicted octanol–water partition coefficient (Wildman–Crippen LogP) is 1.91. The van der Waals surface area contributed by atoms with Gasteiger partial charge in [0.2, 0.25) is 11.8 Å². The minimum atomic E-state index is -3.09. The van der Waals surface area contributed by atoms with Crippen molar-refractivity contribution >= 4 is 27.3 Å². The third kappa shape index (κ3) is 4.03. The lowest BCUT2D eigenvalue weighted by Crippen LogP contribution is -2.49. The fourth-order valence-electron chi connectivity index (χ4n) is 2.95. The summed E-state index contributed by atoms with van der Waals surface area (Å²) in [7, 11) is -1.52. The SMILES string of the molecule is Cc1cccc(NC(=O)C(C)(C)C(=O)N(C)C2CCS(=O)(=O)C2)c1C. The maximum absolute atomic E-state index is 12.8. The van der Waals surface area contributed by atoms with Crippen molar-refractivity contribution in [3.05, 3.63) is 29.3 Å². The number of sulfone groups is 1. The number of hydrogen-bond acceptors (Lipinski definition) is 4. The van der Waals surface area contributed by atoms with E-state index in [1.165, 1.54) is 4.90 Å². The Hall–Kier alpha value is -1.89. The van der Waals surface area contributed by atoms with Crippen LogP contribution in [0.2, 0.25) is 0 Å². The molecular formula is C18H26N2O4S. The summed E-state index contributed by atoms with van der Waals surface area (Å²) in [6.07, 6.45) is 0.416. The van der Waals surface area contributed by atoms with E-state index in [1.54, 1.807) is 27.0 Å². The molecule has 0 bridgehead atoms. The van der Waals surface area contributed by atoms with Gasteiger partial charge in [-0.15, -0.1) is 0 Å². The standard InChI is InChI=1S/C18H26N2O4S/c1-12-7-6-8-15(13(12)2)19-16(21)18(3,4)17(22)20(5)14-9-10-25(23,24)11-14/h6-8,14H,9-11H2,1-5H3,(H,19,21). The van der Waals surface area contributed by atoms with Crippen LogP contribution in [0.4, 0.5) is 5.69 Å². The van der Waals surface area contributed by atoms with Gasteiger partial charge in [0.25, 0.3) is 0 Å². The summed E-state index contributed by atoms with van der Waals surface area (Å²) in [4.78, 5) is 26.9. The average Bonchev–Trinajstić information content (AvgIpc) is 2.90. The molecule has 1 aromatic carbocycles. The van der Waals surface area contributed by atoms with Crippen molar-refractivity contribution < 1.29 is 18.0 Å². The van der Waals surface area contributed by atoms with Crippen LogP contribution in [0.25, 0.3) is 0 Å². The molecule has 1 fully saturated rings. The van der Waals surface area contributed by atoms with Gasteiger partial charge in [-0.25, -0.2) is 8.42 Å². The highest BCUT2D eigenvalue weighted by Gasteiger charge is 2.42. The zero-order valence-corrected chi connectivity index (χ0v) is 16.2. The summed E-state index contributed by atoms with van der Waals surface area (Å²) in [6.45, 7) is 7.00. The molecule has 1 unspecified atom stereocenters. The first-order valence-electron chi connectivity index (χ1n) is 8.31. The number of hydrogen-bond donors (Lipinski definition) is 1. The third-order valence-electron chi connectivity index (χ3n) is 5.03. The zero-order valence-electron chi connectivity index (χ0n) is 15.4. The van der Waals surface area contributed by atoms with E-state index in [0.717, 1.165) is 11.1 Å². The number of anilines is 1. The van der Waals surface area contributed by atoms with Gasteiger partial charge in [-0.2, -0.15) is 0 Å². The first-order chi connectivity index (χ1) is 11.5. The third-order valence-corrected chi connectivity index (χ3v) is 6.78. The Morgan fingerprint density at radius 3 is 2.44 bits per heavy atom. The second-order valence-corrected chi connectivity index (χ2v) is 9.53. The first-order valence-corrected chi connectivity index (χ1v) is 10.1. The Kier molecular flexibility index (Phi) is 5.27. The van der Waals surface area contributed by atoms with Crippen LogP contribution >= 0.6 is 0 Å². The monoisotopic (exact) mass is 366 g/mol. The smallest absolute Gasteiger partial charge is 0.239 e. The second kappa shape index (κ2) is 6.78. The number of rotatable bonds is 4. The van der Waals surface area contributed by atoms with E-state index in [9.17, 15) is 18.0 Å². The van der Waals surface area contributed by atoms with Crippen molar-refractivity contribution in [1.82, 2.24) is 4.90 Å². The molecule has 0 saturated carbocycles. The van der Waals surface area contributed by atoms with Gasteiger partial charge < -0.3 is 10.2 Å². The quantitative estimate of drug-likeness (QED) is 0.825. The highest BCUT2D eigenvalue weighted by molar-refractivity contribution is 7.91. The molecule has 0 aliphatic carbocycles. The Labute approximate surface area is 149 Å². The number of aryl methyl sites for hydroxylation is 1. The van der Waals surface area contributed by atoms with Crippen LogP contribution in [0.3, 0.4) is 0 Å². The number of amides is 2. The van der Waals surface area contributed by atoms with Gasteiger partial charge in [0, 0.05) is 18.8 Å². The lowest BCUT2D eigenvalue weighted by molar-refractivity contribution is -0.146. The summed E-state index contributed by atoms with van der Waals surface area (Å²) < 4.78 is 23.3. The predicted molar refractivity (Wildman–Crippen MR) is 98.2 cm³/mol. The molecule has 2 rings (SSSR count). The Morgan fingerprint density at radius 1 is 1.24 bits per heavy atom. The maximum atomic E-state index is 12.8. The molecular weight excluding hydrogens is 340 g/mol. The zero-order chi connectivity index (χ0) is 19.0. The minimum Gasteiger partial charge on any atom is -0.341 e. The molecule has 1 aliphatic rings. The van der Waals surface area contributed by atoms with Crippen molar-refractivity contribution in [2.45, 2.75) is 40.2 Å². The summed E-state index contributed by atoms with van der Waals surface area (Å²) in [5, 5.41) is 2.83. The van der Waals surface area contributed by atoms with E-state index in [-0.39, 0.29) is 23.5 Å². The van der Waals surface area contributed by atoms with Gasteiger partial charge in [0.1, 0.15) is 5.41 Å². The molecule has 1 saturated heterocycles. The maximum Gasteiger partial charge on any atom is 0.239 e. The van der Waals surface area contributed by atoms with Gasteiger partial charge in [-0.05, 0) is 51.3 Å². The highest BCUT2D eigenvalue weighted by Crippen LogP contribution is 2.27.